The van der Waals surface area contributed by atoms with Crippen LogP contribution in [0.4, 0.5) is 0 Å². The molecular formula is C48H71N5O9. The molecule has 0 saturated carbocycles. The molecular weight excluding hydrogens is 791 g/mol. The van der Waals surface area contributed by atoms with Crippen LogP contribution in [0.2, 0.25) is 0 Å². The normalized spacial score (nSPS) is 18.7. The molecule has 4 rings (SSSR count). The molecule has 0 aliphatic carbocycles. The van der Waals surface area contributed by atoms with E-state index in [1.807, 2.05) is 65.5 Å². The summed E-state index contributed by atoms with van der Waals surface area (Å²) in [5.41, 5.74) is 1.71. The summed E-state index contributed by atoms with van der Waals surface area (Å²) in [4.78, 5) is 94.8. The molecule has 1 aromatic carbocycles. The van der Waals surface area contributed by atoms with E-state index in [9.17, 15) is 28.8 Å². The SMILES string of the molecule is CC[C@H](C)[C@@H]([C@@H](CC(=O)N1CCC[C@H]1[C@H](OC)[C@@H](C)C(=O)CCCc1ccncc1)OC)N(C)C(=O)[C@@H](CC(=O)[C@@H](NCCON1C(=O)c2ccccc2C1=O)C(C)C)C(C)C. The number of benzene rings is 1. The van der Waals surface area contributed by atoms with E-state index in [4.69, 9.17) is 14.3 Å². The summed E-state index contributed by atoms with van der Waals surface area (Å²) in [7, 11) is 4.92. The highest BCUT2D eigenvalue weighted by Gasteiger charge is 2.43. The number of ketones is 2. The number of nitrogens with one attached hydrogen (secondary N) is 1. The van der Waals surface area contributed by atoms with Gasteiger partial charge in [-0.05, 0) is 73.3 Å². The van der Waals surface area contributed by atoms with Crippen molar-refractivity contribution in [3.05, 3.63) is 65.5 Å². The van der Waals surface area contributed by atoms with Crippen molar-refractivity contribution in [2.45, 2.75) is 130 Å². The molecule has 62 heavy (non-hydrogen) atoms. The quantitative estimate of drug-likeness (QED) is 0.0876. The number of aryl methyl sites for hydroxylation is 1. The van der Waals surface area contributed by atoms with Crippen molar-refractivity contribution < 1.29 is 43.1 Å². The van der Waals surface area contributed by atoms with Gasteiger partial charge in [0.1, 0.15) is 5.78 Å². The molecule has 0 unspecified atom stereocenters. The number of likely N-dealkylation sites (tertiary alicyclic amines) is 1. The van der Waals surface area contributed by atoms with Gasteiger partial charge in [-0.3, -0.25) is 38.6 Å². The first-order valence-corrected chi connectivity index (χ1v) is 22.5. The fourth-order valence-corrected chi connectivity index (χ4v) is 9.15. The highest BCUT2D eigenvalue weighted by Crippen LogP contribution is 2.31. The van der Waals surface area contributed by atoms with E-state index in [-0.39, 0.29) is 84.3 Å². The smallest absolute Gasteiger partial charge is 0.285 e. The number of carbonyl (C=O) groups is 6. The molecule has 0 spiro atoms. The minimum atomic E-state index is -0.640. The zero-order valence-electron chi connectivity index (χ0n) is 38.6. The number of hydroxylamine groups is 2. The molecule has 14 heteroatoms. The zero-order chi connectivity index (χ0) is 45.7. The van der Waals surface area contributed by atoms with Crippen molar-refractivity contribution in [2.75, 3.05) is 41.0 Å². The average molecular weight is 862 g/mol. The number of nitrogens with zero attached hydrogens (tertiary/aromatic N) is 4. The Kier molecular flexibility index (Phi) is 19.4. The van der Waals surface area contributed by atoms with Crippen molar-refractivity contribution in [2.24, 2.45) is 29.6 Å². The third-order valence-electron chi connectivity index (χ3n) is 13.0. The van der Waals surface area contributed by atoms with Gasteiger partial charge in [-0.2, -0.15) is 0 Å². The van der Waals surface area contributed by atoms with Crippen LogP contribution in [-0.2, 0) is 39.9 Å². The number of Topliss-reactive ketones (excluding diaryl/α,β-unsaturated/α-hetero) is 2. The Balaban J connectivity index is 1.39. The molecule has 1 saturated heterocycles. The lowest BCUT2D eigenvalue weighted by Gasteiger charge is -2.41. The first-order chi connectivity index (χ1) is 29.6. The number of ether oxygens (including phenoxy) is 2. The Morgan fingerprint density at radius 3 is 2.10 bits per heavy atom. The van der Waals surface area contributed by atoms with Gasteiger partial charge in [-0.1, -0.05) is 67.0 Å². The zero-order valence-corrected chi connectivity index (χ0v) is 38.6. The van der Waals surface area contributed by atoms with Crippen LogP contribution in [0.15, 0.2) is 48.8 Å². The maximum absolute atomic E-state index is 14.5. The van der Waals surface area contributed by atoms with Crippen molar-refractivity contribution in [3.8, 4) is 0 Å². The van der Waals surface area contributed by atoms with Gasteiger partial charge in [0.2, 0.25) is 11.8 Å². The molecule has 1 N–H and O–H groups in total. The molecule has 8 atom stereocenters. The van der Waals surface area contributed by atoms with Crippen LogP contribution in [-0.4, -0.2) is 126 Å². The third kappa shape index (κ3) is 12.4. The highest BCUT2D eigenvalue weighted by atomic mass is 16.7. The molecule has 0 radical (unpaired) electrons. The molecule has 2 aliphatic heterocycles. The number of rotatable bonds is 26. The number of imide groups is 1. The van der Waals surface area contributed by atoms with Gasteiger partial charge in [-0.25, -0.2) is 0 Å². The summed E-state index contributed by atoms with van der Waals surface area (Å²) in [6.45, 7) is 14.4. The summed E-state index contributed by atoms with van der Waals surface area (Å²) < 4.78 is 12.0. The fraction of sp³-hybridized carbons (Fsp3) is 0.646. The summed E-state index contributed by atoms with van der Waals surface area (Å²) >= 11 is 0. The van der Waals surface area contributed by atoms with E-state index in [1.54, 1.807) is 62.8 Å². The summed E-state index contributed by atoms with van der Waals surface area (Å²) in [6.07, 6.45) is 6.61. The second-order valence-corrected chi connectivity index (χ2v) is 17.7. The number of pyridine rings is 1. The van der Waals surface area contributed by atoms with Crippen molar-refractivity contribution in [1.29, 1.82) is 0 Å². The van der Waals surface area contributed by atoms with Gasteiger partial charge < -0.3 is 24.6 Å². The summed E-state index contributed by atoms with van der Waals surface area (Å²) in [5.74, 6) is -2.74. The summed E-state index contributed by atoms with van der Waals surface area (Å²) in [6, 6.07) is 9.11. The van der Waals surface area contributed by atoms with Crippen LogP contribution >= 0.6 is 0 Å². The lowest BCUT2D eigenvalue weighted by atomic mass is 9.84. The van der Waals surface area contributed by atoms with Crippen LogP contribution < -0.4 is 5.32 Å². The third-order valence-corrected chi connectivity index (χ3v) is 13.0. The second-order valence-electron chi connectivity index (χ2n) is 17.7. The fourth-order valence-electron chi connectivity index (χ4n) is 9.15. The molecule has 2 aliphatic rings. The highest BCUT2D eigenvalue weighted by molar-refractivity contribution is 6.20. The Hall–Kier alpha value is -4.37. The van der Waals surface area contributed by atoms with Gasteiger partial charge in [0, 0.05) is 71.4 Å². The van der Waals surface area contributed by atoms with E-state index in [0.29, 0.717) is 13.0 Å². The lowest BCUT2D eigenvalue weighted by molar-refractivity contribution is -0.149. The van der Waals surface area contributed by atoms with E-state index in [2.05, 4.69) is 10.3 Å². The van der Waals surface area contributed by atoms with Crippen LogP contribution in [0.3, 0.4) is 0 Å². The average Bonchev–Trinajstić information content (AvgIpc) is 3.84. The molecule has 1 fully saturated rings. The maximum Gasteiger partial charge on any atom is 0.285 e. The molecule has 342 valence electrons. The van der Waals surface area contributed by atoms with Crippen molar-refractivity contribution in [3.63, 3.8) is 0 Å². The Labute approximate surface area is 368 Å². The van der Waals surface area contributed by atoms with Gasteiger partial charge in [-0.15, -0.1) is 5.06 Å². The first kappa shape index (κ1) is 50.3. The van der Waals surface area contributed by atoms with E-state index in [0.717, 1.165) is 42.7 Å². The van der Waals surface area contributed by atoms with Gasteiger partial charge in [0.05, 0.1) is 54.5 Å². The van der Waals surface area contributed by atoms with Crippen LogP contribution in [0, 0.1) is 29.6 Å². The standard InChI is InChI=1S/C48H71N5O9/c1-11-32(6)44(41(60-9)29-42(56)52-26-15-19-38(52)45(61-10)33(7)39(54)20-14-16-34-21-23-49-24-22-34)51(8)46(57)37(30(2)3)28-40(55)43(31(4)5)50-25-27-62-53-47(58)35-17-12-13-18-36(35)48(53)59/h12-13,17-18,21-24,30-33,37-38,41,43-45,50H,11,14-16,19-20,25-29H2,1-10H3/t32-,33-,37-,38-,41+,43-,44-,45+/m0/s1. The van der Waals surface area contributed by atoms with Crippen LogP contribution in [0.25, 0.3) is 0 Å². The number of carbonyl (C=O) groups excluding carboxylic acids is 6. The number of likely N-dealkylation sites (N-methyl/N-ethyl adjacent to an activating group) is 1. The van der Waals surface area contributed by atoms with E-state index < -0.39 is 47.9 Å². The number of amides is 4. The largest absolute Gasteiger partial charge is 0.379 e. The number of hydrogen-bond acceptors (Lipinski definition) is 11. The molecule has 4 amide bonds. The topological polar surface area (TPSA) is 165 Å². The molecule has 0 bridgehead atoms. The number of fused-ring (bicyclic) bond motifs is 1. The summed E-state index contributed by atoms with van der Waals surface area (Å²) in [5, 5.41) is 3.99. The van der Waals surface area contributed by atoms with Gasteiger partial charge >= 0.3 is 0 Å². The Bertz CT molecular complexity index is 1790. The first-order valence-electron chi connectivity index (χ1n) is 22.5. The van der Waals surface area contributed by atoms with Crippen molar-refractivity contribution in [1.82, 2.24) is 25.2 Å². The van der Waals surface area contributed by atoms with E-state index >= 15 is 0 Å². The monoisotopic (exact) mass is 862 g/mol. The minimum absolute atomic E-state index is 0.00570. The number of hydrogen-bond donors (Lipinski definition) is 1. The number of aromatic nitrogens is 1. The minimum Gasteiger partial charge on any atom is -0.379 e. The molecule has 1 aromatic heterocycles. The maximum atomic E-state index is 14.5. The van der Waals surface area contributed by atoms with Gasteiger partial charge in [0.25, 0.3) is 11.8 Å². The number of methoxy groups -OCH3 is 2. The predicted molar refractivity (Wildman–Crippen MR) is 236 cm³/mol. The van der Waals surface area contributed by atoms with Crippen LogP contribution in [0.5, 0.6) is 0 Å². The predicted octanol–water partition coefficient (Wildman–Crippen LogP) is 5.97. The lowest BCUT2D eigenvalue weighted by Crippen LogP contribution is -2.54. The van der Waals surface area contributed by atoms with Crippen LogP contribution in [0.1, 0.15) is 120 Å². The Morgan fingerprint density at radius 2 is 1.53 bits per heavy atom. The molecule has 3 heterocycles. The molecule has 2 aromatic rings. The Morgan fingerprint density at radius 1 is 0.887 bits per heavy atom. The van der Waals surface area contributed by atoms with E-state index in [1.165, 1.54) is 0 Å². The molecule has 14 nitrogen and oxygen atoms in total. The van der Waals surface area contributed by atoms with Crippen molar-refractivity contribution >= 4 is 35.2 Å². The van der Waals surface area contributed by atoms with Gasteiger partial charge in [0.15, 0.2) is 5.78 Å². The second kappa shape index (κ2) is 23.9.